The Balaban J connectivity index is 2.53. The third-order valence-electron chi connectivity index (χ3n) is 0.978. The maximum Gasteiger partial charge on any atom is 0.0850 e. The van der Waals surface area contributed by atoms with Crippen LogP contribution >= 0.6 is 12.0 Å². The Kier molecular flexibility index (Phi) is 7.34. The summed E-state index contributed by atoms with van der Waals surface area (Å²) >= 11 is 0.682. The van der Waals surface area contributed by atoms with Crippen molar-refractivity contribution in [3.8, 4) is 0 Å². The van der Waals surface area contributed by atoms with Gasteiger partial charge in [-0.2, -0.15) is 0 Å². The SMILES string of the molecule is [CH2+]CCCCCS[O-]. The molecule has 0 aromatic carbocycles. The summed E-state index contributed by atoms with van der Waals surface area (Å²) in [5, 5.41) is 0. The van der Waals surface area contributed by atoms with E-state index in [1.165, 1.54) is 12.8 Å². The first-order valence-electron chi connectivity index (χ1n) is 2.96. The normalized spacial score (nSPS) is 9.62. The molecule has 1 nitrogen and oxygen atoms in total. The summed E-state index contributed by atoms with van der Waals surface area (Å²) in [5.74, 6) is 0.764. The Hall–Kier alpha value is 0.180. The molecule has 2 heteroatoms. The topological polar surface area (TPSA) is 23.1 Å². The first kappa shape index (κ1) is 8.18. The molecule has 0 aromatic heterocycles. The van der Waals surface area contributed by atoms with Gasteiger partial charge in [0.1, 0.15) is 0 Å². The van der Waals surface area contributed by atoms with Gasteiger partial charge in [-0.05, 0) is 25.0 Å². The van der Waals surface area contributed by atoms with Crippen molar-refractivity contribution in [2.75, 3.05) is 5.75 Å². The van der Waals surface area contributed by atoms with Crippen LogP contribution in [0.25, 0.3) is 0 Å². The van der Waals surface area contributed by atoms with E-state index >= 15 is 0 Å². The van der Waals surface area contributed by atoms with Crippen LogP contribution in [0.15, 0.2) is 0 Å². The van der Waals surface area contributed by atoms with Gasteiger partial charge in [-0.1, -0.05) is 0 Å². The second-order valence-corrected chi connectivity index (χ2v) is 2.38. The fourth-order valence-corrected chi connectivity index (χ4v) is 0.837. The monoisotopic (exact) mass is 132 g/mol. The van der Waals surface area contributed by atoms with Crippen LogP contribution < -0.4 is 0 Å². The van der Waals surface area contributed by atoms with Gasteiger partial charge in [0.15, 0.2) is 0 Å². The fraction of sp³-hybridized carbons (Fsp3) is 0.833. The lowest BCUT2D eigenvalue weighted by Gasteiger charge is -2.00. The zero-order valence-corrected chi connectivity index (χ0v) is 5.88. The van der Waals surface area contributed by atoms with E-state index in [9.17, 15) is 4.55 Å². The number of hydrogen-bond acceptors (Lipinski definition) is 2. The van der Waals surface area contributed by atoms with Gasteiger partial charge in [0.25, 0.3) is 0 Å². The minimum Gasteiger partial charge on any atom is -0.799 e. The Morgan fingerprint density at radius 3 is 2.50 bits per heavy atom. The summed E-state index contributed by atoms with van der Waals surface area (Å²) in [7, 11) is 0. The molecule has 0 heterocycles. The molecule has 0 amide bonds. The van der Waals surface area contributed by atoms with Crippen molar-refractivity contribution < 1.29 is 4.55 Å². The van der Waals surface area contributed by atoms with Crippen LogP contribution in [0.4, 0.5) is 0 Å². The van der Waals surface area contributed by atoms with E-state index in [0.717, 1.165) is 18.6 Å². The number of hydrogen-bond donors (Lipinski definition) is 0. The zero-order valence-electron chi connectivity index (χ0n) is 5.06. The summed E-state index contributed by atoms with van der Waals surface area (Å²) in [6.45, 7) is 3.70. The molecule has 0 aliphatic carbocycles. The summed E-state index contributed by atoms with van der Waals surface area (Å²) in [6.07, 6.45) is 4.40. The van der Waals surface area contributed by atoms with Crippen LogP contribution in [0.3, 0.4) is 0 Å². The van der Waals surface area contributed by atoms with Gasteiger partial charge in [0.05, 0.1) is 13.3 Å². The van der Waals surface area contributed by atoms with Crippen LogP contribution in [0.2, 0.25) is 0 Å². The Bertz CT molecular complexity index is 33.5. The number of rotatable bonds is 5. The Labute approximate surface area is 55.7 Å². The van der Waals surface area contributed by atoms with Crippen molar-refractivity contribution in [2.24, 2.45) is 0 Å². The van der Waals surface area contributed by atoms with Crippen LogP contribution in [0, 0.1) is 6.92 Å². The third kappa shape index (κ3) is 6.18. The summed E-state index contributed by atoms with van der Waals surface area (Å²) < 4.78 is 9.79. The first-order valence-corrected chi connectivity index (χ1v) is 3.87. The molecule has 0 N–H and O–H groups in total. The van der Waals surface area contributed by atoms with Crippen LogP contribution in [-0.4, -0.2) is 10.3 Å². The maximum absolute atomic E-state index is 9.79. The molecular weight excluding hydrogens is 120 g/mol. The summed E-state index contributed by atoms with van der Waals surface area (Å²) in [6, 6.07) is 0. The lowest BCUT2D eigenvalue weighted by atomic mass is 10.2. The highest BCUT2D eigenvalue weighted by atomic mass is 32.2. The van der Waals surface area contributed by atoms with Gasteiger partial charge < -0.3 is 4.55 Å². The minimum absolute atomic E-state index is 0.682. The van der Waals surface area contributed by atoms with Gasteiger partial charge >= 0.3 is 0 Å². The van der Waals surface area contributed by atoms with Crippen LogP contribution in [-0.2, 0) is 0 Å². The van der Waals surface area contributed by atoms with Crippen molar-refractivity contribution in [1.82, 2.24) is 0 Å². The smallest absolute Gasteiger partial charge is 0.0850 e. The lowest BCUT2D eigenvalue weighted by molar-refractivity contribution is 0.613. The third-order valence-corrected chi connectivity index (χ3v) is 1.43. The highest BCUT2D eigenvalue weighted by molar-refractivity contribution is 7.93. The van der Waals surface area contributed by atoms with Gasteiger partial charge in [-0.25, -0.2) is 0 Å². The molecule has 48 valence electrons. The van der Waals surface area contributed by atoms with E-state index in [2.05, 4.69) is 6.92 Å². The van der Waals surface area contributed by atoms with Crippen molar-refractivity contribution in [3.05, 3.63) is 6.92 Å². The van der Waals surface area contributed by atoms with E-state index in [4.69, 9.17) is 0 Å². The molecule has 0 aliphatic rings. The van der Waals surface area contributed by atoms with Gasteiger partial charge in [-0.15, -0.1) is 0 Å². The van der Waals surface area contributed by atoms with Gasteiger partial charge in [-0.3, -0.25) is 12.0 Å². The molecule has 0 saturated heterocycles. The molecule has 8 heavy (non-hydrogen) atoms. The van der Waals surface area contributed by atoms with E-state index in [0.29, 0.717) is 12.0 Å². The van der Waals surface area contributed by atoms with E-state index < -0.39 is 0 Å². The quantitative estimate of drug-likeness (QED) is 0.325. The van der Waals surface area contributed by atoms with E-state index in [1.807, 2.05) is 0 Å². The van der Waals surface area contributed by atoms with Crippen molar-refractivity contribution in [3.63, 3.8) is 0 Å². The highest BCUT2D eigenvalue weighted by Crippen LogP contribution is 2.02. The highest BCUT2D eigenvalue weighted by Gasteiger charge is 1.84. The minimum atomic E-state index is 0.682. The van der Waals surface area contributed by atoms with Crippen LogP contribution in [0.1, 0.15) is 25.7 Å². The zero-order chi connectivity index (χ0) is 6.24. The van der Waals surface area contributed by atoms with E-state index in [-0.39, 0.29) is 0 Å². The van der Waals surface area contributed by atoms with Crippen molar-refractivity contribution in [1.29, 1.82) is 0 Å². The molecule has 0 spiro atoms. The first-order chi connectivity index (χ1) is 3.91. The summed E-state index contributed by atoms with van der Waals surface area (Å²) in [5.41, 5.74) is 0. The van der Waals surface area contributed by atoms with Crippen molar-refractivity contribution in [2.45, 2.75) is 25.7 Å². The van der Waals surface area contributed by atoms with E-state index in [1.54, 1.807) is 0 Å². The molecule has 0 unspecified atom stereocenters. The molecule has 0 bridgehead atoms. The van der Waals surface area contributed by atoms with Gasteiger partial charge in [0, 0.05) is 0 Å². The van der Waals surface area contributed by atoms with Crippen LogP contribution in [0.5, 0.6) is 0 Å². The van der Waals surface area contributed by atoms with Crippen molar-refractivity contribution >= 4 is 12.0 Å². The molecule has 0 saturated carbocycles. The maximum atomic E-state index is 9.79. The molecule has 0 atom stereocenters. The molecular formula is C6H12OS. The predicted octanol–water partition coefficient (Wildman–Crippen LogP) is 2.24. The fourth-order valence-electron chi connectivity index (χ4n) is 0.515. The standard InChI is InChI=1S/C6H12OS/c1-2-3-4-5-6-8-7/h1-6H2. The lowest BCUT2D eigenvalue weighted by Crippen LogP contribution is -1.78. The molecule has 0 rings (SSSR count). The molecule has 0 fully saturated rings. The average Bonchev–Trinajstić information content (AvgIpc) is 1.81. The second kappa shape index (κ2) is 7.18. The molecule has 0 aromatic rings. The number of unbranched alkanes of at least 4 members (excludes halogenated alkanes) is 3. The second-order valence-electron chi connectivity index (χ2n) is 1.74. The van der Waals surface area contributed by atoms with Gasteiger partial charge in [0.2, 0.25) is 0 Å². The average molecular weight is 132 g/mol. The predicted molar refractivity (Wildman–Crippen MR) is 37.1 cm³/mol. The molecule has 0 radical (unpaired) electrons. The Morgan fingerprint density at radius 1 is 1.25 bits per heavy atom. The largest absolute Gasteiger partial charge is 0.799 e. The Morgan fingerprint density at radius 2 is 2.00 bits per heavy atom. The summed E-state index contributed by atoms with van der Waals surface area (Å²) in [4.78, 5) is 0. The molecule has 0 aliphatic heterocycles.